The van der Waals surface area contributed by atoms with Crippen LogP contribution in [0.25, 0.3) is 22.3 Å². The predicted octanol–water partition coefficient (Wildman–Crippen LogP) is 4.30. The summed E-state index contributed by atoms with van der Waals surface area (Å²) in [5.74, 6) is 0.902. The molecule has 0 bridgehead atoms. The van der Waals surface area contributed by atoms with E-state index in [2.05, 4.69) is 48.5 Å². The van der Waals surface area contributed by atoms with Crippen LogP contribution in [0.3, 0.4) is 0 Å². The molecule has 2 nitrogen and oxygen atoms in total. The Morgan fingerprint density at radius 1 is 0.783 bits per heavy atom. The smallest absolute Gasteiger partial charge is 0.131 e. The second kappa shape index (κ2) is 5.90. The van der Waals surface area contributed by atoms with Gasteiger partial charge in [-0.1, -0.05) is 66.7 Å². The molecule has 4 rings (SSSR count). The van der Waals surface area contributed by atoms with Crippen molar-refractivity contribution in [1.29, 1.82) is 0 Å². The molecule has 3 aromatic rings. The molecule has 0 heterocycles. The molecule has 0 saturated carbocycles. The van der Waals surface area contributed by atoms with Gasteiger partial charge in [-0.3, -0.25) is 0 Å². The molecule has 23 heavy (non-hydrogen) atoms. The van der Waals surface area contributed by atoms with Crippen molar-refractivity contribution in [3.63, 3.8) is 0 Å². The zero-order valence-electron chi connectivity index (χ0n) is 12.8. The van der Waals surface area contributed by atoms with Crippen LogP contribution < -0.4 is 4.74 Å². The second-order valence-corrected chi connectivity index (χ2v) is 5.74. The molecule has 3 aromatic carbocycles. The van der Waals surface area contributed by atoms with Crippen LogP contribution in [0.4, 0.5) is 0 Å². The molecule has 0 atom stereocenters. The highest BCUT2D eigenvalue weighted by Crippen LogP contribution is 2.45. The second-order valence-electron chi connectivity index (χ2n) is 5.74. The van der Waals surface area contributed by atoms with Crippen molar-refractivity contribution in [2.75, 3.05) is 13.2 Å². The lowest BCUT2D eigenvalue weighted by atomic mass is 9.97. The maximum atomic E-state index is 9.19. The summed E-state index contributed by atoms with van der Waals surface area (Å²) in [5.41, 5.74) is 7.32. The molecule has 0 amide bonds. The minimum absolute atomic E-state index is 0.0187. The average Bonchev–Trinajstić information content (AvgIpc) is 2.99. The fourth-order valence-corrected chi connectivity index (χ4v) is 3.34. The zero-order chi connectivity index (χ0) is 15.6. The van der Waals surface area contributed by atoms with Crippen molar-refractivity contribution in [3.8, 4) is 28.0 Å². The molecule has 0 aliphatic heterocycles. The first-order valence-corrected chi connectivity index (χ1v) is 7.91. The van der Waals surface area contributed by atoms with Gasteiger partial charge in [-0.15, -0.1) is 0 Å². The monoisotopic (exact) mass is 302 g/mol. The van der Waals surface area contributed by atoms with Crippen LogP contribution in [0.15, 0.2) is 66.7 Å². The van der Waals surface area contributed by atoms with Crippen LogP contribution in [0.2, 0.25) is 0 Å². The first-order chi connectivity index (χ1) is 11.4. The summed E-state index contributed by atoms with van der Waals surface area (Å²) in [5, 5.41) is 9.19. The number of aliphatic hydroxyl groups excluding tert-OH is 1. The first kappa shape index (κ1) is 14.0. The molecule has 1 aliphatic rings. The molecule has 114 valence electrons. The van der Waals surface area contributed by atoms with Crippen LogP contribution in [0, 0.1) is 0 Å². The Morgan fingerprint density at radius 3 is 2.35 bits per heavy atom. The van der Waals surface area contributed by atoms with E-state index >= 15 is 0 Å². The van der Waals surface area contributed by atoms with Crippen molar-refractivity contribution in [2.45, 2.75) is 6.42 Å². The summed E-state index contributed by atoms with van der Waals surface area (Å²) in [4.78, 5) is 0. The summed E-state index contributed by atoms with van der Waals surface area (Å²) in [6, 6.07) is 23.1. The van der Waals surface area contributed by atoms with Crippen molar-refractivity contribution in [1.82, 2.24) is 0 Å². The van der Waals surface area contributed by atoms with E-state index in [1.54, 1.807) is 0 Å². The van der Waals surface area contributed by atoms with Gasteiger partial charge in [-0.2, -0.15) is 0 Å². The van der Waals surface area contributed by atoms with Crippen LogP contribution in [-0.2, 0) is 6.42 Å². The van der Waals surface area contributed by atoms with Crippen molar-refractivity contribution < 1.29 is 9.84 Å². The number of hydrogen-bond acceptors (Lipinski definition) is 2. The predicted molar refractivity (Wildman–Crippen MR) is 92.7 cm³/mol. The van der Waals surface area contributed by atoms with Crippen molar-refractivity contribution >= 4 is 0 Å². The Morgan fingerprint density at radius 2 is 1.52 bits per heavy atom. The van der Waals surface area contributed by atoms with Crippen LogP contribution in [-0.4, -0.2) is 18.3 Å². The fraction of sp³-hybridized carbons (Fsp3) is 0.143. The molecule has 0 unspecified atom stereocenters. The van der Waals surface area contributed by atoms with E-state index in [4.69, 9.17) is 4.74 Å². The highest BCUT2D eigenvalue weighted by Gasteiger charge is 2.24. The van der Waals surface area contributed by atoms with E-state index in [1.807, 2.05) is 18.2 Å². The lowest BCUT2D eigenvalue weighted by molar-refractivity contribution is 0.201. The maximum absolute atomic E-state index is 9.19. The molecular formula is C21H18O2. The Hall–Kier alpha value is -2.58. The molecule has 0 spiro atoms. The number of fused-ring (bicyclic) bond motifs is 3. The van der Waals surface area contributed by atoms with Gasteiger partial charge in [0.25, 0.3) is 0 Å². The van der Waals surface area contributed by atoms with Gasteiger partial charge in [-0.05, 0) is 22.3 Å². The molecule has 0 radical (unpaired) electrons. The normalized spacial score (nSPS) is 11.9. The van der Waals surface area contributed by atoms with E-state index in [1.165, 1.54) is 22.3 Å². The minimum atomic E-state index is 0.0187. The molecule has 1 N–H and O–H groups in total. The van der Waals surface area contributed by atoms with Crippen LogP contribution in [0.5, 0.6) is 5.75 Å². The van der Waals surface area contributed by atoms with Gasteiger partial charge in [0.15, 0.2) is 0 Å². The fourth-order valence-electron chi connectivity index (χ4n) is 3.34. The highest BCUT2D eigenvalue weighted by molar-refractivity contribution is 5.85. The van der Waals surface area contributed by atoms with E-state index in [9.17, 15) is 5.11 Å². The summed E-state index contributed by atoms with van der Waals surface area (Å²) in [7, 11) is 0. The van der Waals surface area contributed by atoms with Crippen LogP contribution >= 0.6 is 0 Å². The number of aliphatic hydroxyl groups is 1. The van der Waals surface area contributed by atoms with Crippen molar-refractivity contribution in [3.05, 3.63) is 77.9 Å². The van der Waals surface area contributed by atoms with Gasteiger partial charge in [0.1, 0.15) is 12.4 Å². The van der Waals surface area contributed by atoms with Crippen molar-refractivity contribution in [2.24, 2.45) is 0 Å². The molecule has 2 heteroatoms. The van der Waals surface area contributed by atoms with E-state index in [-0.39, 0.29) is 6.61 Å². The third-order valence-electron chi connectivity index (χ3n) is 4.36. The molecular weight excluding hydrogens is 284 g/mol. The maximum Gasteiger partial charge on any atom is 0.131 e. The van der Waals surface area contributed by atoms with Gasteiger partial charge in [-0.25, -0.2) is 0 Å². The third-order valence-corrected chi connectivity index (χ3v) is 4.36. The first-order valence-electron chi connectivity index (χ1n) is 7.91. The number of rotatable bonds is 4. The largest absolute Gasteiger partial charge is 0.490 e. The Kier molecular flexibility index (Phi) is 3.60. The highest BCUT2D eigenvalue weighted by atomic mass is 16.5. The van der Waals surface area contributed by atoms with E-state index in [0.29, 0.717) is 6.61 Å². The third kappa shape index (κ3) is 2.41. The Labute approximate surface area is 136 Å². The Balaban J connectivity index is 1.88. The molecule has 0 fully saturated rings. The van der Waals surface area contributed by atoms with Gasteiger partial charge in [0.2, 0.25) is 0 Å². The number of hydrogen-bond donors (Lipinski definition) is 1. The SMILES string of the molecule is OCCOc1c(-c2ccccc2)ccc2c1Cc1ccccc1-2. The number of benzene rings is 3. The standard InChI is InChI=1S/C21H18O2/c22-12-13-23-21-18(15-6-2-1-3-7-15)10-11-19-17-9-5-4-8-16(17)14-20(19)21/h1-11,22H,12-14H2. The van der Waals surface area contributed by atoms with Gasteiger partial charge >= 0.3 is 0 Å². The summed E-state index contributed by atoms with van der Waals surface area (Å²) >= 11 is 0. The molecule has 0 aromatic heterocycles. The van der Waals surface area contributed by atoms with Gasteiger partial charge in [0.05, 0.1) is 6.61 Å². The average molecular weight is 302 g/mol. The summed E-state index contributed by atoms with van der Waals surface area (Å²) in [6.45, 7) is 0.331. The lowest BCUT2D eigenvalue weighted by Gasteiger charge is -2.15. The Bertz CT molecular complexity index is 838. The van der Waals surface area contributed by atoms with E-state index in [0.717, 1.165) is 23.3 Å². The zero-order valence-corrected chi connectivity index (χ0v) is 12.8. The molecule has 0 saturated heterocycles. The van der Waals surface area contributed by atoms with Gasteiger partial charge in [0, 0.05) is 17.5 Å². The number of ether oxygens (including phenoxy) is 1. The minimum Gasteiger partial charge on any atom is -0.490 e. The van der Waals surface area contributed by atoms with E-state index < -0.39 is 0 Å². The summed E-state index contributed by atoms with van der Waals surface area (Å²) in [6.07, 6.45) is 0.882. The summed E-state index contributed by atoms with van der Waals surface area (Å²) < 4.78 is 5.96. The lowest BCUT2D eigenvalue weighted by Crippen LogP contribution is -2.05. The quantitative estimate of drug-likeness (QED) is 0.609. The topological polar surface area (TPSA) is 29.5 Å². The van der Waals surface area contributed by atoms with Crippen LogP contribution in [0.1, 0.15) is 11.1 Å². The van der Waals surface area contributed by atoms with Gasteiger partial charge < -0.3 is 9.84 Å². The molecule has 1 aliphatic carbocycles.